The molecule has 3 aromatic carbocycles. The van der Waals surface area contributed by atoms with Crippen molar-refractivity contribution in [2.75, 3.05) is 0 Å². The van der Waals surface area contributed by atoms with Crippen molar-refractivity contribution in [2.45, 2.75) is 13.5 Å². The van der Waals surface area contributed by atoms with Crippen LogP contribution in [0.15, 0.2) is 66.7 Å². The van der Waals surface area contributed by atoms with E-state index in [-0.39, 0.29) is 17.1 Å². The lowest BCUT2D eigenvalue weighted by molar-refractivity contribution is 0.101. The summed E-state index contributed by atoms with van der Waals surface area (Å²) in [4.78, 5) is 11.4. The molecule has 1 heterocycles. The summed E-state index contributed by atoms with van der Waals surface area (Å²) in [6.45, 7) is 1.72. The Balaban J connectivity index is 1.38. The number of benzene rings is 3. The molecule has 0 atom stereocenters. The van der Waals surface area contributed by atoms with Crippen molar-refractivity contribution in [1.29, 1.82) is 0 Å². The van der Waals surface area contributed by atoms with Crippen molar-refractivity contribution in [3.63, 3.8) is 0 Å². The number of phenols is 1. The molecular weight excluding hydrogens is 384 g/mol. The van der Waals surface area contributed by atoms with Crippen LogP contribution >= 0.6 is 0 Å². The van der Waals surface area contributed by atoms with Crippen LogP contribution in [-0.2, 0) is 6.61 Å². The molecule has 4 rings (SSSR count). The first-order valence-corrected chi connectivity index (χ1v) is 9.16. The number of nitrogens with zero attached hydrogens (tertiary/aromatic N) is 3. The third-order valence-corrected chi connectivity index (χ3v) is 4.35. The maximum atomic E-state index is 11.4. The van der Waals surface area contributed by atoms with E-state index >= 15 is 0 Å². The van der Waals surface area contributed by atoms with Crippen LogP contribution in [-0.4, -0.2) is 31.5 Å². The summed E-state index contributed by atoms with van der Waals surface area (Å²) in [5, 5.41) is 23.8. The summed E-state index contributed by atoms with van der Waals surface area (Å²) in [7, 11) is 0. The lowest BCUT2D eigenvalue weighted by atomic mass is 10.1. The minimum Gasteiger partial charge on any atom is -0.507 e. The molecule has 0 saturated heterocycles. The lowest BCUT2D eigenvalue weighted by Gasteiger charge is -2.10. The van der Waals surface area contributed by atoms with Crippen molar-refractivity contribution >= 4 is 5.78 Å². The van der Waals surface area contributed by atoms with Crippen molar-refractivity contribution < 1.29 is 19.4 Å². The van der Waals surface area contributed by atoms with Gasteiger partial charge in [-0.15, -0.1) is 10.2 Å². The fourth-order valence-corrected chi connectivity index (χ4v) is 2.84. The van der Waals surface area contributed by atoms with Crippen LogP contribution in [0.4, 0.5) is 0 Å². The molecule has 1 aromatic heterocycles. The van der Waals surface area contributed by atoms with E-state index in [1.54, 1.807) is 12.1 Å². The Kier molecular flexibility index (Phi) is 5.38. The van der Waals surface area contributed by atoms with Crippen molar-refractivity contribution in [2.24, 2.45) is 0 Å². The number of aromatic nitrogens is 4. The molecule has 0 spiro atoms. The van der Waals surface area contributed by atoms with E-state index in [1.165, 1.54) is 13.0 Å². The molecule has 0 aliphatic heterocycles. The number of aromatic hydroxyl groups is 1. The fourth-order valence-electron chi connectivity index (χ4n) is 2.84. The van der Waals surface area contributed by atoms with Gasteiger partial charge in [-0.2, -0.15) is 5.21 Å². The number of ether oxygens (including phenoxy) is 2. The lowest BCUT2D eigenvalue weighted by Crippen LogP contribution is -1.97. The number of aromatic amines is 1. The molecule has 0 radical (unpaired) electrons. The van der Waals surface area contributed by atoms with Gasteiger partial charge in [0.1, 0.15) is 29.6 Å². The molecular formula is C22H18N4O4. The second kappa shape index (κ2) is 8.44. The van der Waals surface area contributed by atoms with Gasteiger partial charge >= 0.3 is 0 Å². The SMILES string of the molecule is CC(=O)c1ccc(OCc2ccc(Oc3cccc(-c4nn[nH]n4)c3)cc2)cc1O. The third-order valence-electron chi connectivity index (χ3n) is 4.35. The highest BCUT2D eigenvalue weighted by atomic mass is 16.5. The van der Waals surface area contributed by atoms with Crippen LogP contribution in [0.2, 0.25) is 0 Å². The predicted octanol–water partition coefficient (Wildman–Crippen LogP) is 4.15. The van der Waals surface area contributed by atoms with Crippen LogP contribution in [0.3, 0.4) is 0 Å². The summed E-state index contributed by atoms with van der Waals surface area (Å²) in [6.07, 6.45) is 0. The van der Waals surface area contributed by atoms with Gasteiger partial charge in [0.25, 0.3) is 0 Å². The van der Waals surface area contributed by atoms with Crippen LogP contribution in [0.25, 0.3) is 11.4 Å². The summed E-state index contributed by atoms with van der Waals surface area (Å²) < 4.78 is 11.6. The van der Waals surface area contributed by atoms with E-state index in [2.05, 4.69) is 20.6 Å². The number of Topliss-reactive ketones (excluding diaryl/α,β-unsaturated/α-hetero) is 1. The largest absolute Gasteiger partial charge is 0.507 e. The number of ketones is 1. The second-order valence-electron chi connectivity index (χ2n) is 6.53. The summed E-state index contributed by atoms with van der Waals surface area (Å²) in [5.74, 6) is 2.02. The summed E-state index contributed by atoms with van der Waals surface area (Å²) in [6, 6.07) is 19.5. The Morgan fingerprint density at radius 1 is 1.00 bits per heavy atom. The molecule has 0 aliphatic rings. The van der Waals surface area contributed by atoms with E-state index in [0.29, 0.717) is 29.7 Å². The Morgan fingerprint density at radius 3 is 2.50 bits per heavy atom. The van der Waals surface area contributed by atoms with Crippen LogP contribution in [0, 0.1) is 0 Å². The minimum absolute atomic E-state index is 0.0909. The highest BCUT2D eigenvalue weighted by molar-refractivity contribution is 5.96. The average Bonchev–Trinajstić information content (AvgIpc) is 3.28. The first-order chi connectivity index (χ1) is 14.6. The van der Waals surface area contributed by atoms with Gasteiger partial charge in [0.05, 0.1) is 5.56 Å². The number of hydrogen-bond acceptors (Lipinski definition) is 7. The topological polar surface area (TPSA) is 110 Å². The average molecular weight is 402 g/mol. The van der Waals surface area contributed by atoms with Gasteiger partial charge in [-0.3, -0.25) is 4.79 Å². The molecule has 0 fully saturated rings. The van der Waals surface area contributed by atoms with Crippen molar-refractivity contribution in [3.8, 4) is 34.4 Å². The van der Waals surface area contributed by atoms with Crippen molar-refractivity contribution in [1.82, 2.24) is 20.6 Å². The fraction of sp³-hybridized carbons (Fsp3) is 0.0909. The van der Waals surface area contributed by atoms with Gasteiger partial charge in [0.15, 0.2) is 5.78 Å². The predicted molar refractivity (Wildman–Crippen MR) is 109 cm³/mol. The Hall–Kier alpha value is -4.20. The van der Waals surface area contributed by atoms with Gasteiger partial charge in [-0.1, -0.05) is 24.3 Å². The molecule has 0 saturated carbocycles. The van der Waals surface area contributed by atoms with Gasteiger partial charge in [0.2, 0.25) is 5.82 Å². The van der Waals surface area contributed by atoms with E-state index in [4.69, 9.17) is 9.47 Å². The van der Waals surface area contributed by atoms with Gasteiger partial charge < -0.3 is 14.6 Å². The zero-order valence-electron chi connectivity index (χ0n) is 16.1. The smallest absolute Gasteiger partial charge is 0.204 e. The molecule has 0 bridgehead atoms. The molecule has 0 aliphatic carbocycles. The molecule has 0 amide bonds. The third kappa shape index (κ3) is 4.44. The van der Waals surface area contributed by atoms with E-state index in [1.807, 2.05) is 48.5 Å². The number of nitrogens with one attached hydrogen (secondary N) is 1. The zero-order chi connectivity index (χ0) is 20.9. The highest BCUT2D eigenvalue weighted by Gasteiger charge is 2.08. The van der Waals surface area contributed by atoms with E-state index < -0.39 is 0 Å². The summed E-state index contributed by atoms with van der Waals surface area (Å²) in [5.41, 5.74) is 2.00. The molecule has 0 unspecified atom stereocenters. The molecule has 8 heteroatoms. The van der Waals surface area contributed by atoms with Crippen molar-refractivity contribution in [3.05, 3.63) is 77.9 Å². The van der Waals surface area contributed by atoms with Crippen LogP contribution in [0.5, 0.6) is 23.0 Å². The number of hydrogen-bond donors (Lipinski definition) is 2. The molecule has 30 heavy (non-hydrogen) atoms. The molecule has 150 valence electrons. The summed E-state index contributed by atoms with van der Waals surface area (Å²) >= 11 is 0. The zero-order valence-corrected chi connectivity index (χ0v) is 16.1. The quantitative estimate of drug-likeness (QED) is 0.447. The number of tetrazole rings is 1. The normalized spacial score (nSPS) is 10.6. The Bertz CT molecular complexity index is 1160. The number of H-pyrrole nitrogens is 1. The number of phenolic OH excluding ortho intramolecular Hbond substituents is 1. The number of carbonyl (C=O) groups excluding carboxylic acids is 1. The van der Waals surface area contributed by atoms with Gasteiger partial charge in [-0.25, -0.2) is 0 Å². The first kappa shape index (κ1) is 19.1. The van der Waals surface area contributed by atoms with Crippen LogP contribution < -0.4 is 9.47 Å². The maximum absolute atomic E-state index is 11.4. The first-order valence-electron chi connectivity index (χ1n) is 9.16. The number of rotatable bonds is 7. The standard InChI is InChI=1S/C22H18N4O4/c1-14(27)20-10-9-18(12-21(20)28)29-13-15-5-7-17(8-6-15)30-19-4-2-3-16(11-19)22-23-25-26-24-22/h2-12,28H,13H2,1H3,(H,23,24,25,26). The second-order valence-corrected chi connectivity index (χ2v) is 6.53. The number of carbonyl (C=O) groups is 1. The van der Waals surface area contributed by atoms with Crippen LogP contribution in [0.1, 0.15) is 22.8 Å². The molecule has 8 nitrogen and oxygen atoms in total. The van der Waals surface area contributed by atoms with Gasteiger partial charge in [-0.05, 0) is 54.1 Å². The molecule has 4 aromatic rings. The van der Waals surface area contributed by atoms with Gasteiger partial charge in [0, 0.05) is 11.6 Å². The highest BCUT2D eigenvalue weighted by Crippen LogP contribution is 2.27. The van der Waals surface area contributed by atoms with E-state index in [9.17, 15) is 9.90 Å². The Morgan fingerprint density at radius 2 is 1.80 bits per heavy atom. The van der Waals surface area contributed by atoms with E-state index in [0.717, 1.165) is 11.1 Å². The minimum atomic E-state index is -0.197. The molecule has 2 N–H and O–H groups in total. The maximum Gasteiger partial charge on any atom is 0.204 e. The monoisotopic (exact) mass is 402 g/mol. The Labute approximate surface area is 172 Å².